The molecule has 2 fully saturated rings. The minimum Gasteiger partial charge on any atom is -0.361 e. The van der Waals surface area contributed by atoms with Crippen LogP contribution in [0.4, 0.5) is 0 Å². The SMILES string of the molecule is O=C(c1cccc2[nH]ccc12)N1CCC2CCC(C1)N2. The Morgan fingerprint density at radius 1 is 1.15 bits per heavy atom. The molecule has 20 heavy (non-hydrogen) atoms. The number of hydrogen-bond donors (Lipinski definition) is 2. The van der Waals surface area contributed by atoms with Gasteiger partial charge in [-0.1, -0.05) is 6.07 Å². The molecule has 2 aliphatic rings. The third kappa shape index (κ3) is 1.91. The molecule has 1 amide bonds. The maximum atomic E-state index is 12.8. The number of aromatic nitrogens is 1. The summed E-state index contributed by atoms with van der Waals surface area (Å²) in [4.78, 5) is 18.0. The fourth-order valence-electron chi connectivity index (χ4n) is 3.57. The number of H-pyrrole nitrogens is 1. The van der Waals surface area contributed by atoms with E-state index in [1.54, 1.807) is 0 Å². The molecule has 2 saturated heterocycles. The Morgan fingerprint density at radius 3 is 3.00 bits per heavy atom. The number of nitrogens with one attached hydrogen (secondary N) is 2. The summed E-state index contributed by atoms with van der Waals surface area (Å²) < 4.78 is 0. The van der Waals surface area contributed by atoms with Gasteiger partial charge in [0.15, 0.2) is 0 Å². The predicted molar refractivity (Wildman–Crippen MR) is 78.8 cm³/mol. The summed E-state index contributed by atoms with van der Waals surface area (Å²) in [5.41, 5.74) is 1.85. The Bertz CT molecular complexity index is 648. The fourth-order valence-corrected chi connectivity index (χ4v) is 3.57. The molecular formula is C16H19N3O. The molecule has 2 bridgehead atoms. The van der Waals surface area contributed by atoms with Crippen molar-refractivity contribution in [2.75, 3.05) is 13.1 Å². The highest BCUT2D eigenvalue weighted by Crippen LogP contribution is 2.24. The third-order valence-electron chi connectivity index (χ3n) is 4.64. The molecular weight excluding hydrogens is 250 g/mol. The van der Waals surface area contributed by atoms with Crippen molar-refractivity contribution in [3.05, 3.63) is 36.0 Å². The number of amides is 1. The molecule has 0 aliphatic carbocycles. The van der Waals surface area contributed by atoms with Crippen LogP contribution in [0.25, 0.3) is 10.9 Å². The van der Waals surface area contributed by atoms with Gasteiger partial charge < -0.3 is 15.2 Å². The van der Waals surface area contributed by atoms with Crippen molar-refractivity contribution in [1.82, 2.24) is 15.2 Å². The third-order valence-corrected chi connectivity index (χ3v) is 4.64. The number of carbonyl (C=O) groups excluding carboxylic acids is 1. The first kappa shape index (κ1) is 12.0. The zero-order valence-corrected chi connectivity index (χ0v) is 11.4. The van der Waals surface area contributed by atoms with Gasteiger partial charge in [-0.3, -0.25) is 4.79 Å². The van der Waals surface area contributed by atoms with Crippen molar-refractivity contribution in [2.45, 2.75) is 31.3 Å². The van der Waals surface area contributed by atoms with E-state index in [9.17, 15) is 4.79 Å². The van der Waals surface area contributed by atoms with Gasteiger partial charge in [-0.25, -0.2) is 0 Å². The quantitative estimate of drug-likeness (QED) is 0.833. The van der Waals surface area contributed by atoms with E-state index in [4.69, 9.17) is 0 Å². The molecule has 4 nitrogen and oxygen atoms in total. The highest BCUT2D eigenvalue weighted by Gasteiger charge is 2.31. The van der Waals surface area contributed by atoms with Crippen LogP contribution in [-0.2, 0) is 0 Å². The molecule has 4 heteroatoms. The fraction of sp³-hybridized carbons (Fsp3) is 0.438. The van der Waals surface area contributed by atoms with Gasteiger partial charge in [0.1, 0.15) is 0 Å². The number of rotatable bonds is 1. The lowest BCUT2D eigenvalue weighted by Gasteiger charge is -2.24. The van der Waals surface area contributed by atoms with Crippen molar-refractivity contribution >= 4 is 16.8 Å². The van der Waals surface area contributed by atoms with Crippen LogP contribution in [0.2, 0.25) is 0 Å². The number of hydrogen-bond acceptors (Lipinski definition) is 2. The number of nitrogens with zero attached hydrogens (tertiary/aromatic N) is 1. The molecule has 104 valence electrons. The lowest BCUT2D eigenvalue weighted by atomic mass is 10.1. The maximum absolute atomic E-state index is 12.8. The molecule has 2 aromatic rings. The Morgan fingerprint density at radius 2 is 2.05 bits per heavy atom. The van der Waals surface area contributed by atoms with Gasteiger partial charge in [0.25, 0.3) is 5.91 Å². The Kier molecular flexibility index (Phi) is 2.77. The van der Waals surface area contributed by atoms with E-state index in [2.05, 4.69) is 10.3 Å². The normalized spacial score (nSPS) is 25.9. The molecule has 0 radical (unpaired) electrons. The predicted octanol–water partition coefficient (Wildman–Crippen LogP) is 2.13. The average molecular weight is 269 g/mol. The first-order valence-electron chi connectivity index (χ1n) is 7.43. The standard InChI is InChI=1S/C16H19N3O/c20-16(14-2-1-3-15-13(14)6-8-17-15)19-9-7-11-4-5-12(10-19)18-11/h1-3,6,8,11-12,17-18H,4-5,7,9-10H2. The summed E-state index contributed by atoms with van der Waals surface area (Å²) in [5.74, 6) is 0.171. The van der Waals surface area contributed by atoms with Crippen LogP contribution in [0.5, 0.6) is 0 Å². The van der Waals surface area contributed by atoms with Crippen LogP contribution >= 0.6 is 0 Å². The van der Waals surface area contributed by atoms with E-state index < -0.39 is 0 Å². The molecule has 1 aromatic heterocycles. The summed E-state index contributed by atoms with van der Waals surface area (Å²) >= 11 is 0. The van der Waals surface area contributed by atoms with E-state index in [0.29, 0.717) is 12.1 Å². The van der Waals surface area contributed by atoms with Gasteiger partial charge in [0.2, 0.25) is 0 Å². The zero-order valence-electron chi connectivity index (χ0n) is 11.4. The van der Waals surface area contributed by atoms with Crippen LogP contribution < -0.4 is 5.32 Å². The molecule has 0 spiro atoms. The smallest absolute Gasteiger partial charge is 0.254 e. The molecule has 3 heterocycles. The van der Waals surface area contributed by atoms with Crippen LogP contribution in [0.15, 0.2) is 30.5 Å². The van der Waals surface area contributed by atoms with Crippen molar-refractivity contribution < 1.29 is 4.79 Å². The summed E-state index contributed by atoms with van der Waals surface area (Å²) in [6, 6.07) is 8.99. The Labute approximate surface area is 118 Å². The monoisotopic (exact) mass is 269 g/mol. The van der Waals surface area contributed by atoms with Crippen LogP contribution in [-0.4, -0.2) is 41.0 Å². The Balaban J connectivity index is 1.65. The van der Waals surface area contributed by atoms with E-state index in [0.717, 1.165) is 36.0 Å². The van der Waals surface area contributed by atoms with Crippen LogP contribution in [0.1, 0.15) is 29.6 Å². The van der Waals surface area contributed by atoms with Gasteiger partial charge in [0.05, 0.1) is 0 Å². The van der Waals surface area contributed by atoms with E-state index in [-0.39, 0.29) is 5.91 Å². The minimum atomic E-state index is 0.171. The zero-order chi connectivity index (χ0) is 13.5. The largest absolute Gasteiger partial charge is 0.361 e. The van der Waals surface area contributed by atoms with E-state index >= 15 is 0 Å². The lowest BCUT2D eigenvalue weighted by Crippen LogP contribution is -2.39. The number of aromatic amines is 1. The summed E-state index contributed by atoms with van der Waals surface area (Å²) in [5, 5.41) is 4.65. The topological polar surface area (TPSA) is 48.1 Å². The van der Waals surface area contributed by atoms with E-state index in [1.165, 1.54) is 12.8 Å². The van der Waals surface area contributed by atoms with Gasteiger partial charge in [0, 0.05) is 47.8 Å². The average Bonchev–Trinajstić information content (AvgIpc) is 3.04. The Hall–Kier alpha value is -1.81. The first-order valence-corrected chi connectivity index (χ1v) is 7.43. The van der Waals surface area contributed by atoms with Gasteiger partial charge in [-0.2, -0.15) is 0 Å². The van der Waals surface area contributed by atoms with Crippen LogP contribution in [0.3, 0.4) is 0 Å². The lowest BCUT2D eigenvalue weighted by molar-refractivity contribution is 0.0750. The van der Waals surface area contributed by atoms with Crippen molar-refractivity contribution in [3.8, 4) is 0 Å². The molecule has 0 saturated carbocycles. The van der Waals surface area contributed by atoms with Crippen molar-refractivity contribution in [1.29, 1.82) is 0 Å². The minimum absolute atomic E-state index is 0.171. The van der Waals surface area contributed by atoms with Gasteiger partial charge in [-0.15, -0.1) is 0 Å². The molecule has 2 atom stereocenters. The molecule has 4 rings (SSSR count). The second-order valence-corrected chi connectivity index (χ2v) is 5.92. The van der Waals surface area contributed by atoms with E-state index in [1.807, 2.05) is 35.4 Å². The molecule has 1 aromatic carbocycles. The second-order valence-electron chi connectivity index (χ2n) is 5.92. The molecule has 2 aliphatic heterocycles. The number of fused-ring (bicyclic) bond motifs is 3. The first-order chi connectivity index (χ1) is 9.81. The number of carbonyl (C=O) groups is 1. The highest BCUT2D eigenvalue weighted by atomic mass is 16.2. The maximum Gasteiger partial charge on any atom is 0.254 e. The number of benzene rings is 1. The summed E-state index contributed by atoms with van der Waals surface area (Å²) in [7, 11) is 0. The van der Waals surface area contributed by atoms with Gasteiger partial charge >= 0.3 is 0 Å². The number of likely N-dealkylation sites (tertiary alicyclic amines) is 1. The summed E-state index contributed by atoms with van der Waals surface area (Å²) in [6.45, 7) is 1.71. The van der Waals surface area contributed by atoms with Crippen LogP contribution in [0, 0.1) is 0 Å². The molecule has 2 unspecified atom stereocenters. The van der Waals surface area contributed by atoms with Crippen molar-refractivity contribution in [3.63, 3.8) is 0 Å². The van der Waals surface area contributed by atoms with Gasteiger partial charge in [-0.05, 0) is 37.5 Å². The molecule has 2 N–H and O–H groups in total. The summed E-state index contributed by atoms with van der Waals surface area (Å²) in [6.07, 6.45) is 5.43. The van der Waals surface area contributed by atoms with Crippen molar-refractivity contribution in [2.24, 2.45) is 0 Å². The second kappa shape index (κ2) is 4.63. The highest BCUT2D eigenvalue weighted by molar-refractivity contribution is 6.06.